The van der Waals surface area contributed by atoms with Gasteiger partial charge in [0.2, 0.25) is 0 Å². The summed E-state index contributed by atoms with van der Waals surface area (Å²) in [6.07, 6.45) is 11.1. The lowest BCUT2D eigenvalue weighted by Gasteiger charge is -2.09. The van der Waals surface area contributed by atoms with Gasteiger partial charge in [-0.05, 0) is 6.42 Å². The molecule has 0 bridgehead atoms. The monoisotopic (exact) mass is 191 g/mol. The second kappa shape index (κ2) is 5.85. The van der Waals surface area contributed by atoms with Gasteiger partial charge in [0.15, 0.2) is 0 Å². The number of hydrogen-bond acceptors (Lipinski definition) is 3. The van der Waals surface area contributed by atoms with Crippen LogP contribution in [0.15, 0.2) is 37.5 Å². The maximum atomic E-state index is 10.1. The van der Waals surface area contributed by atoms with Gasteiger partial charge in [-0.25, -0.2) is 0 Å². The van der Waals surface area contributed by atoms with Gasteiger partial charge in [0.1, 0.15) is 18.9 Å². The Balaban J connectivity index is 2.48. The standard InChI is InChI=1S/C10H13N3O/c1-2-10(6-4-3-5-7-14)13-8-11-12-9-13/h2-4,7-10H,1,5-6H2/b4-3+. The molecule has 1 aromatic rings. The number of nitrogens with zero attached hydrogens (tertiary/aromatic N) is 3. The van der Waals surface area contributed by atoms with Gasteiger partial charge >= 0.3 is 0 Å². The lowest BCUT2D eigenvalue weighted by Crippen LogP contribution is -2.02. The largest absolute Gasteiger partial charge is 0.313 e. The first-order chi connectivity index (χ1) is 6.88. The van der Waals surface area contributed by atoms with Crippen LogP contribution in [0.1, 0.15) is 18.9 Å². The van der Waals surface area contributed by atoms with Crippen LogP contribution in [-0.4, -0.2) is 21.1 Å². The fourth-order valence-corrected chi connectivity index (χ4v) is 1.11. The molecule has 0 N–H and O–H groups in total. The molecule has 1 unspecified atom stereocenters. The summed E-state index contributed by atoms with van der Waals surface area (Å²) in [6, 6.07) is 0.160. The van der Waals surface area contributed by atoms with Crippen LogP contribution in [0.3, 0.4) is 0 Å². The first-order valence-corrected chi connectivity index (χ1v) is 4.43. The van der Waals surface area contributed by atoms with Crippen molar-refractivity contribution in [2.75, 3.05) is 0 Å². The van der Waals surface area contributed by atoms with E-state index in [1.54, 1.807) is 12.7 Å². The summed E-state index contributed by atoms with van der Waals surface area (Å²) in [5.74, 6) is 0. The van der Waals surface area contributed by atoms with Gasteiger partial charge in [-0.15, -0.1) is 16.8 Å². The predicted octanol–water partition coefficient (Wildman–Crippen LogP) is 1.54. The zero-order chi connectivity index (χ0) is 10.2. The van der Waals surface area contributed by atoms with Crippen LogP contribution in [-0.2, 0) is 4.79 Å². The quantitative estimate of drug-likeness (QED) is 0.506. The molecule has 0 fully saturated rings. The Hall–Kier alpha value is -1.71. The van der Waals surface area contributed by atoms with E-state index in [0.29, 0.717) is 6.42 Å². The zero-order valence-electron chi connectivity index (χ0n) is 7.91. The minimum Gasteiger partial charge on any atom is -0.313 e. The molecule has 74 valence electrons. The highest BCUT2D eigenvalue weighted by Gasteiger charge is 2.02. The molecule has 0 aliphatic rings. The van der Waals surface area contributed by atoms with Gasteiger partial charge in [-0.2, -0.15) is 0 Å². The van der Waals surface area contributed by atoms with Gasteiger partial charge in [-0.1, -0.05) is 18.2 Å². The second-order valence-electron chi connectivity index (χ2n) is 2.82. The Kier molecular flexibility index (Phi) is 4.34. The molecule has 1 rings (SSSR count). The van der Waals surface area contributed by atoms with E-state index in [1.807, 2.05) is 22.8 Å². The highest BCUT2D eigenvalue weighted by Crippen LogP contribution is 2.11. The first kappa shape index (κ1) is 10.4. The summed E-state index contributed by atoms with van der Waals surface area (Å²) in [5.41, 5.74) is 0. The highest BCUT2D eigenvalue weighted by molar-refractivity contribution is 5.51. The fourth-order valence-electron chi connectivity index (χ4n) is 1.11. The van der Waals surface area contributed by atoms with Crippen molar-refractivity contribution in [2.45, 2.75) is 18.9 Å². The minimum absolute atomic E-state index is 0.160. The molecule has 0 aliphatic heterocycles. The van der Waals surface area contributed by atoms with Gasteiger partial charge < -0.3 is 9.36 Å². The van der Waals surface area contributed by atoms with Crippen LogP contribution < -0.4 is 0 Å². The van der Waals surface area contributed by atoms with E-state index in [1.165, 1.54) is 0 Å². The number of aromatic nitrogens is 3. The summed E-state index contributed by atoms with van der Waals surface area (Å²) in [7, 11) is 0. The van der Waals surface area contributed by atoms with E-state index in [2.05, 4.69) is 16.8 Å². The summed E-state index contributed by atoms with van der Waals surface area (Å²) in [5, 5.41) is 7.44. The Bertz CT molecular complexity index is 303. The van der Waals surface area contributed by atoms with Crippen molar-refractivity contribution in [1.29, 1.82) is 0 Å². The molecule has 14 heavy (non-hydrogen) atoms. The van der Waals surface area contributed by atoms with E-state index < -0.39 is 0 Å². The molecule has 0 aromatic carbocycles. The Morgan fingerprint density at radius 2 is 2.07 bits per heavy atom. The first-order valence-electron chi connectivity index (χ1n) is 4.43. The van der Waals surface area contributed by atoms with Crippen LogP contribution in [0.25, 0.3) is 0 Å². The topological polar surface area (TPSA) is 47.8 Å². The Morgan fingerprint density at radius 3 is 2.64 bits per heavy atom. The third-order valence-corrected chi connectivity index (χ3v) is 1.87. The molecule has 0 aliphatic carbocycles. The van der Waals surface area contributed by atoms with E-state index in [4.69, 9.17) is 0 Å². The van der Waals surface area contributed by atoms with Gasteiger partial charge in [0, 0.05) is 6.42 Å². The number of aldehydes is 1. The molecule has 0 radical (unpaired) electrons. The van der Waals surface area contributed by atoms with E-state index >= 15 is 0 Å². The van der Waals surface area contributed by atoms with Crippen molar-refractivity contribution in [3.63, 3.8) is 0 Å². The summed E-state index contributed by atoms with van der Waals surface area (Å²) in [6.45, 7) is 3.74. The third kappa shape index (κ3) is 2.97. The number of allylic oxidation sites excluding steroid dienone is 3. The predicted molar refractivity (Wildman–Crippen MR) is 53.7 cm³/mol. The lowest BCUT2D eigenvalue weighted by molar-refractivity contribution is -0.107. The van der Waals surface area contributed by atoms with Crippen molar-refractivity contribution in [1.82, 2.24) is 14.8 Å². The molecule has 1 heterocycles. The molecule has 0 amide bonds. The van der Waals surface area contributed by atoms with Crippen molar-refractivity contribution < 1.29 is 4.79 Å². The van der Waals surface area contributed by atoms with E-state index in [9.17, 15) is 4.79 Å². The third-order valence-electron chi connectivity index (χ3n) is 1.87. The Morgan fingerprint density at radius 1 is 1.36 bits per heavy atom. The van der Waals surface area contributed by atoms with Gasteiger partial charge in [0.25, 0.3) is 0 Å². The maximum Gasteiger partial charge on any atom is 0.123 e. The minimum atomic E-state index is 0.160. The zero-order valence-corrected chi connectivity index (χ0v) is 7.91. The molecular weight excluding hydrogens is 178 g/mol. The molecule has 0 spiro atoms. The van der Waals surface area contributed by atoms with Crippen LogP contribution in [0.5, 0.6) is 0 Å². The molecular formula is C10H13N3O. The van der Waals surface area contributed by atoms with Gasteiger partial charge in [-0.3, -0.25) is 0 Å². The van der Waals surface area contributed by atoms with E-state index in [0.717, 1.165) is 12.7 Å². The SMILES string of the molecule is C=CC(C/C=C/CC=O)n1cnnc1. The number of hydrogen-bond donors (Lipinski definition) is 0. The smallest absolute Gasteiger partial charge is 0.123 e. The van der Waals surface area contributed by atoms with Crippen molar-refractivity contribution in [2.24, 2.45) is 0 Å². The van der Waals surface area contributed by atoms with Crippen LogP contribution in [0, 0.1) is 0 Å². The summed E-state index contributed by atoms with van der Waals surface area (Å²) in [4.78, 5) is 10.1. The highest BCUT2D eigenvalue weighted by atomic mass is 16.1. The van der Waals surface area contributed by atoms with E-state index in [-0.39, 0.29) is 6.04 Å². The lowest BCUT2D eigenvalue weighted by atomic mass is 10.2. The normalized spacial score (nSPS) is 12.9. The summed E-state index contributed by atoms with van der Waals surface area (Å²) < 4.78 is 1.87. The number of carbonyl (C=O) groups excluding carboxylic acids is 1. The number of rotatable bonds is 6. The number of carbonyl (C=O) groups is 1. The molecule has 1 aromatic heterocycles. The van der Waals surface area contributed by atoms with Crippen molar-refractivity contribution in [3.05, 3.63) is 37.5 Å². The maximum absolute atomic E-state index is 10.1. The van der Waals surface area contributed by atoms with Crippen LogP contribution in [0.2, 0.25) is 0 Å². The molecule has 1 atom stereocenters. The molecule has 4 heteroatoms. The van der Waals surface area contributed by atoms with Gasteiger partial charge in [0.05, 0.1) is 6.04 Å². The van der Waals surface area contributed by atoms with Crippen molar-refractivity contribution >= 4 is 6.29 Å². The molecule has 4 nitrogen and oxygen atoms in total. The summed E-state index contributed by atoms with van der Waals surface area (Å²) >= 11 is 0. The fraction of sp³-hybridized carbons (Fsp3) is 0.300. The average molecular weight is 191 g/mol. The average Bonchev–Trinajstić information content (AvgIpc) is 2.71. The Labute approximate surface area is 83.0 Å². The van der Waals surface area contributed by atoms with Crippen molar-refractivity contribution in [3.8, 4) is 0 Å². The molecule has 0 saturated carbocycles. The van der Waals surface area contributed by atoms with Crippen LogP contribution in [0.4, 0.5) is 0 Å². The second-order valence-corrected chi connectivity index (χ2v) is 2.82. The van der Waals surface area contributed by atoms with Crippen LogP contribution >= 0.6 is 0 Å². The molecule has 0 saturated heterocycles.